The second-order valence-corrected chi connectivity index (χ2v) is 3.56. The van der Waals surface area contributed by atoms with Gasteiger partial charge in [-0.1, -0.05) is 0 Å². The second-order valence-electron chi connectivity index (χ2n) is 3.56. The number of fused-ring (bicyclic) bond motifs is 1. The van der Waals surface area contributed by atoms with Gasteiger partial charge in [0.2, 0.25) is 0 Å². The van der Waals surface area contributed by atoms with Crippen LogP contribution in [0.3, 0.4) is 0 Å². The lowest BCUT2D eigenvalue weighted by Crippen LogP contribution is -2.07. The van der Waals surface area contributed by atoms with Crippen LogP contribution in [0.1, 0.15) is 12.6 Å². The van der Waals surface area contributed by atoms with E-state index in [2.05, 4.69) is 15.0 Å². The lowest BCUT2D eigenvalue weighted by Gasteiger charge is -2.10. The molecule has 1 aliphatic rings. The van der Waals surface area contributed by atoms with Gasteiger partial charge in [0.1, 0.15) is 18.1 Å². The Labute approximate surface area is 85.6 Å². The van der Waals surface area contributed by atoms with Crippen LogP contribution in [0.4, 0.5) is 0 Å². The van der Waals surface area contributed by atoms with Gasteiger partial charge in [0, 0.05) is 6.42 Å². The highest BCUT2D eigenvalue weighted by atomic mass is 16.5. The molecule has 1 N–H and O–H groups in total. The van der Waals surface area contributed by atoms with Gasteiger partial charge < -0.3 is 9.84 Å². The maximum absolute atomic E-state index is 9.38. The molecule has 0 amide bonds. The Kier molecular flexibility index (Phi) is 1.90. The number of imidazole rings is 1. The van der Waals surface area contributed by atoms with Gasteiger partial charge in [-0.3, -0.25) is 4.57 Å². The van der Waals surface area contributed by atoms with E-state index in [9.17, 15) is 5.11 Å². The summed E-state index contributed by atoms with van der Waals surface area (Å²) in [5, 5.41) is 9.38. The molecular formula is C9H10N4O2. The first kappa shape index (κ1) is 8.75. The summed E-state index contributed by atoms with van der Waals surface area (Å²) in [6.45, 7) is 0.370. The van der Waals surface area contributed by atoms with Gasteiger partial charge in [-0.25, -0.2) is 15.0 Å². The number of ether oxygens (including phenoxy) is 1. The standard InChI is InChI=1S/C9H10N4O2/c14-6-1-8(15-3-6)13-5-12-7-2-10-4-11-9(7)13/h2,4-6,8,14H,1,3H2. The molecule has 3 heterocycles. The fourth-order valence-electron chi connectivity index (χ4n) is 1.78. The van der Waals surface area contributed by atoms with Gasteiger partial charge >= 0.3 is 0 Å². The van der Waals surface area contributed by atoms with Crippen molar-refractivity contribution < 1.29 is 9.84 Å². The summed E-state index contributed by atoms with van der Waals surface area (Å²) in [5.74, 6) is 0. The first-order chi connectivity index (χ1) is 7.34. The molecule has 0 aliphatic carbocycles. The van der Waals surface area contributed by atoms with Crippen LogP contribution in [0.25, 0.3) is 11.2 Å². The van der Waals surface area contributed by atoms with Crippen molar-refractivity contribution in [2.75, 3.05) is 6.61 Å². The van der Waals surface area contributed by atoms with E-state index in [1.54, 1.807) is 12.5 Å². The van der Waals surface area contributed by atoms with Gasteiger partial charge in [0.15, 0.2) is 5.65 Å². The molecule has 0 saturated carbocycles. The molecule has 2 aromatic heterocycles. The van der Waals surface area contributed by atoms with E-state index in [1.807, 2.05) is 4.57 Å². The number of aliphatic hydroxyl groups is 1. The van der Waals surface area contributed by atoms with E-state index >= 15 is 0 Å². The topological polar surface area (TPSA) is 73.1 Å². The summed E-state index contributed by atoms with van der Waals surface area (Å²) < 4.78 is 7.26. The van der Waals surface area contributed by atoms with E-state index in [0.717, 1.165) is 11.2 Å². The third-order valence-corrected chi connectivity index (χ3v) is 2.50. The van der Waals surface area contributed by atoms with Crippen molar-refractivity contribution in [3.05, 3.63) is 18.9 Å². The van der Waals surface area contributed by atoms with E-state index < -0.39 is 6.10 Å². The molecule has 0 radical (unpaired) electrons. The highest BCUT2D eigenvalue weighted by Crippen LogP contribution is 2.25. The van der Waals surface area contributed by atoms with Crippen molar-refractivity contribution in [3.63, 3.8) is 0 Å². The van der Waals surface area contributed by atoms with Crippen LogP contribution >= 0.6 is 0 Å². The number of nitrogens with zero attached hydrogens (tertiary/aromatic N) is 4. The zero-order valence-corrected chi connectivity index (χ0v) is 7.95. The molecule has 2 unspecified atom stereocenters. The van der Waals surface area contributed by atoms with Crippen molar-refractivity contribution in [3.8, 4) is 0 Å². The van der Waals surface area contributed by atoms with Gasteiger partial charge in [0.25, 0.3) is 0 Å². The number of rotatable bonds is 1. The Balaban J connectivity index is 2.04. The number of aromatic nitrogens is 4. The van der Waals surface area contributed by atoms with E-state index in [0.29, 0.717) is 13.0 Å². The van der Waals surface area contributed by atoms with Gasteiger partial charge in [-0.15, -0.1) is 0 Å². The fourth-order valence-corrected chi connectivity index (χ4v) is 1.78. The van der Waals surface area contributed by atoms with Crippen molar-refractivity contribution in [1.29, 1.82) is 0 Å². The number of hydrogen-bond donors (Lipinski definition) is 1. The highest BCUT2D eigenvalue weighted by molar-refractivity contribution is 5.68. The average molecular weight is 206 g/mol. The van der Waals surface area contributed by atoms with Crippen LogP contribution in [0, 0.1) is 0 Å². The molecule has 1 aliphatic heterocycles. The molecule has 1 fully saturated rings. The van der Waals surface area contributed by atoms with Gasteiger partial charge in [0.05, 0.1) is 25.2 Å². The fraction of sp³-hybridized carbons (Fsp3) is 0.444. The average Bonchev–Trinajstić information content (AvgIpc) is 2.83. The summed E-state index contributed by atoms with van der Waals surface area (Å²) in [6, 6.07) is 0. The van der Waals surface area contributed by atoms with Crippen molar-refractivity contribution in [2.24, 2.45) is 0 Å². The van der Waals surface area contributed by atoms with Crippen LogP contribution in [0.2, 0.25) is 0 Å². The third kappa shape index (κ3) is 1.38. The Bertz CT molecular complexity index is 484. The highest BCUT2D eigenvalue weighted by Gasteiger charge is 2.26. The maximum atomic E-state index is 9.38. The molecule has 6 heteroatoms. The predicted octanol–water partition coefficient (Wildman–Crippen LogP) is 0.106. The monoisotopic (exact) mass is 206 g/mol. The van der Waals surface area contributed by atoms with Crippen molar-refractivity contribution in [1.82, 2.24) is 19.5 Å². The Morgan fingerprint density at radius 2 is 2.40 bits per heavy atom. The lowest BCUT2D eigenvalue weighted by atomic mass is 10.3. The van der Waals surface area contributed by atoms with E-state index in [4.69, 9.17) is 4.74 Å². The SMILES string of the molecule is OC1COC(n2cnc3cncnc32)C1. The largest absolute Gasteiger partial charge is 0.391 e. The Morgan fingerprint density at radius 3 is 3.20 bits per heavy atom. The van der Waals surface area contributed by atoms with E-state index in [-0.39, 0.29) is 6.23 Å². The first-order valence-corrected chi connectivity index (χ1v) is 4.77. The third-order valence-electron chi connectivity index (χ3n) is 2.50. The summed E-state index contributed by atoms with van der Waals surface area (Å²) in [5.41, 5.74) is 1.48. The molecule has 6 nitrogen and oxygen atoms in total. The van der Waals surface area contributed by atoms with Crippen molar-refractivity contribution in [2.45, 2.75) is 18.8 Å². The van der Waals surface area contributed by atoms with Crippen LogP contribution < -0.4 is 0 Å². The zero-order valence-electron chi connectivity index (χ0n) is 7.95. The van der Waals surface area contributed by atoms with Gasteiger partial charge in [-0.2, -0.15) is 0 Å². The Morgan fingerprint density at radius 1 is 1.47 bits per heavy atom. The summed E-state index contributed by atoms with van der Waals surface area (Å²) in [4.78, 5) is 12.2. The predicted molar refractivity (Wildman–Crippen MR) is 50.9 cm³/mol. The molecule has 3 rings (SSSR count). The zero-order chi connectivity index (χ0) is 10.3. The molecule has 0 bridgehead atoms. The smallest absolute Gasteiger partial charge is 0.165 e. The molecule has 78 valence electrons. The quantitative estimate of drug-likeness (QED) is 0.716. The molecule has 15 heavy (non-hydrogen) atoms. The molecule has 1 saturated heterocycles. The first-order valence-electron chi connectivity index (χ1n) is 4.77. The number of aliphatic hydroxyl groups excluding tert-OH is 1. The minimum Gasteiger partial charge on any atom is -0.391 e. The number of hydrogen-bond acceptors (Lipinski definition) is 5. The van der Waals surface area contributed by atoms with Crippen molar-refractivity contribution >= 4 is 11.2 Å². The summed E-state index contributed by atoms with van der Waals surface area (Å²) in [6.07, 6.45) is 4.82. The molecule has 0 aromatic carbocycles. The van der Waals surface area contributed by atoms with Gasteiger partial charge in [-0.05, 0) is 0 Å². The van der Waals surface area contributed by atoms with Crippen LogP contribution in [-0.4, -0.2) is 37.3 Å². The molecular weight excluding hydrogens is 196 g/mol. The summed E-state index contributed by atoms with van der Waals surface area (Å²) >= 11 is 0. The molecule has 2 atom stereocenters. The lowest BCUT2D eigenvalue weighted by molar-refractivity contribution is 0.0502. The molecule has 2 aromatic rings. The van der Waals surface area contributed by atoms with E-state index in [1.165, 1.54) is 6.33 Å². The Hall–Kier alpha value is -1.53. The minimum atomic E-state index is -0.394. The minimum absolute atomic E-state index is 0.167. The summed E-state index contributed by atoms with van der Waals surface area (Å²) in [7, 11) is 0. The van der Waals surface area contributed by atoms with Crippen LogP contribution in [0.15, 0.2) is 18.9 Å². The van der Waals surface area contributed by atoms with Crippen LogP contribution in [0.5, 0.6) is 0 Å². The second kappa shape index (κ2) is 3.25. The van der Waals surface area contributed by atoms with Crippen LogP contribution in [-0.2, 0) is 4.74 Å². The molecule has 0 spiro atoms. The maximum Gasteiger partial charge on any atom is 0.165 e. The normalized spacial score (nSPS) is 26.2.